The molecule has 0 aromatic carbocycles. The van der Waals surface area contributed by atoms with Crippen LogP contribution in [0.3, 0.4) is 0 Å². The summed E-state index contributed by atoms with van der Waals surface area (Å²) in [6.45, 7) is 4.66. The second-order valence-corrected chi connectivity index (χ2v) is 6.10. The summed E-state index contributed by atoms with van der Waals surface area (Å²) in [4.78, 5) is 2.45. The van der Waals surface area contributed by atoms with E-state index in [9.17, 15) is 0 Å². The standard InChI is InChI=1S/C15H30N2O2/c1-18-12-11-17(10-4-9-16)13-14-5-8-15(19-14)6-2-3-7-15/h14H,2-13,16H2,1H3. The maximum Gasteiger partial charge on any atom is 0.0710 e. The Morgan fingerprint density at radius 2 is 2.05 bits per heavy atom. The summed E-state index contributed by atoms with van der Waals surface area (Å²) in [6.07, 6.45) is 9.25. The van der Waals surface area contributed by atoms with Crippen molar-refractivity contribution in [3.05, 3.63) is 0 Å². The van der Waals surface area contributed by atoms with Gasteiger partial charge in [0.1, 0.15) is 0 Å². The second kappa shape index (κ2) is 7.58. The molecule has 1 aliphatic heterocycles. The van der Waals surface area contributed by atoms with Gasteiger partial charge >= 0.3 is 0 Å². The van der Waals surface area contributed by atoms with Crippen molar-refractivity contribution >= 4 is 0 Å². The van der Waals surface area contributed by atoms with E-state index in [4.69, 9.17) is 15.2 Å². The molecule has 1 atom stereocenters. The lowest BCUT2D eigenvalue weighted by Crippen LogP contribution is -2.37. The first kappa shape index (κ1) is 15.2. The molecule has 1 spiro atoms. The summed E-state index contributed by atoms with van der Waals surface area (Å²) in [7, 11) is 1.76. The van der Waals surface area contributed by atoms with Crippen molar-refractivity contribution in [1.29, 1.82) is 0 Å². The van der Waals surface area contributed by atoms with Crippen molar-refractivity contribution in [3.8, 4) is 0 Å². The van der Waals surface area contributed by atoms with Crippen LogP contribution in [-0.2, 0) is 9.47 Å². The van der Waals surface area contributed by atoms with Crippen molar-refractivity contribution < 1.29 is 9.47 Å². The molecule has 4 heteroatoms. The minimum Gasteiger partial charge on any atom is -0.383 e. The van der Waals surface area contributed by atoms with E-state index in [0.29, 0.717) is 6.10 Å². The fourth-order valence-electron chi connectivity index (χ4n) is 3.53. The van der Waals surface area contributed by atoms with Gasteiger partial charge in [-0.2, -0.15) is 0 Å². The van der Waals surface area contributed by atoms with Crippen LogP contribution >= 0.6 is 0 Å². The van der Waals surface area contributed by atoms with E-state index in [0.717, 1.165) is 39.2 Å². The smallest absolute Gasteiger partial charge is 0.0710 e. The van der Waals surface area contributed by atoms with E-state index in [2.05, 4.69) is 4.90 Å². The molecule has 1 saturated carbocycles. The van der Waals surface area contributed by atoms with Gasteiger partial charge in [0.25, 0.3) is 0 Å². The van der Waals surface area contributed by atoms with Gasteiger partial charge in [-0.1, -0.05) is 12.8 Å². The molecule has 4 nitrogen and oxygen atoms in total. The highest BCUT2D eigenvalue weighted by atomic mass is 16.5. The molecule has 1 unspecified atom stereocenters. The molecule has 1 heterocycles. The van der Waals surface area contributed by atoms with E-state index >= 15 is 0 Å². The zero-order valence-corrected chi connectivity index (χ0v) is 12.4. The maximum absolute atomic E-state index is 6.39. The Labute approximate surface area is 117 Å². The van der Waals surface area contributed by atoms with Crippen LogP contribution < -0.4 is 5.73 Å². The van der Waals surface area contributed by atoms with Gasteiger partial charge in [0.15, 0.2) is 0 Å². The maximum atomic E-state index is 6.39. The zero-order chi connectivity index (χ0) is 13.6. The highest BCUT2D eigenvalue weighted by Crippen LogP contribution is 2.43. The Kier molecular flexibility index (Phi) is 6.07. The van der Waals surface area contributed by atoms with Crippen molar-refractivity contribution in [3.63, 3.8) is 0 Å². The monoisotopic (exact) mass is 270 g/mol. The first-order valence-corrected chi connectivity index (χ1v) is 7.87. The molecule has 0 bridgehead atoms. The summed E-state index contributed by atoms with van der Waals surface area (Å²) < 4.78 is 11.6. The third-order valence-electron chi connectivity index (χ3n) is 4.61. The number of hydrogen-bond acceptors (Lipinski definition) is 4. The van der Waals surface area contributed by atoms with Crippen LogP contribution in [0, 0.1) is 0 Å². The number of nitrogens with two attached hydrogens (primary N) is 1. The van der Waals surface area contributed by atoms with Gasteiger partial charge in [0.2, 0.25) is 0 Å². The number of ether oxygens (including phenoxy) is 2. The molecule has 0 radical (unpaired) electrons. The molecule has 2 fully saturated rings. The van der Waals surface area contributed by atoms with Crippen LogP contribution in [0.5, 0.6) is 0 Å². The van der Waals surface area contributed by atoms with Crippen molar-refractivity contribution in [2.45, 2.75) is 56.7 Å². The molecule has 1 aliphatic carbocycles. The molecular weight excluding hydrogens is 240 g/mol. The Morgan fingerprint density at radius 3 is 2.74 bits per heavy atom. The van der Waals surface area contributed by atoms with Gasteiger partial charge in [-0.3, -0.25) is 4.90 Å². The quantitative estimate of drug-likeness (QED) is 0.730. The van der Waals surface area contributed by atoms with Gasteiger partial charge in [-0.25, -0.2) is 0 Å². The zero-order valence-electron chi connectivity index (χ0n) is 12.4. The van der Waals surface area contributed by atoms with Crippen molar-refractivity contribution in [1.82, 2.24) is 4.90 Å². The van der Waals surface area contributed by atoms with Crippen molar-refractivity contribution in [2.24, 2.45) is 5.73 Å². The predicted octanol–water partition coefficient (Wildman–Crippen LogP) is 1.78. The summed E-state index contributed by atoms with van der Waals surface area (Å²) in [5.41, 5.74) is 5.87. The first-order valence-electron chi connectivity index (χ1n) is 7.87. The van der Waals surface area contributed by atoms with Crippen LogP contribution in [0.15, 0.2) is 0 Å². The number of hydrogen-bond donors (Lipinski definition) is 1. The lowest BCUT2D eigenvalue weighted by Gasteiger charge is -2.28. The first-order chi connectivity index (χ1) is 9.28. The Balaban J connectivity index is 1.76. The molecule has 2 rings (SSSR count). The van der Waals surface area contributed by atoms with Crippen LogP contribution in [-0.4, -0.2) is 56.5 Å². The molecule has 112 valence electrons. The molecule has 0 aromatic heterocycles. The third kappa shape index (κ3) is 4.42. The van der Waals surface area contributed by atoms with Gasteiger partial charge in [-0.15, -0.1) is 0 Å². The van der Waals surface area contributed by atoms with Gasteiger partial charge in [0.05, 0.1) is 18.3 Å². The molecular formula is C15H30N2O2. The van der Waals surface area contributed by atoms with Gasteiger partial charge in [0, 0.05) is 20.2 Å². The average molecular weight is 270 g/mol. The van der Waals surface area contributed by atoms with Crippen LogP contribution in [0.2, 0.25) is 0 Å². The number of nitrogens with zero attached hydrogens (tertiary/aromatic N) is 1. The normalized spacial score (nSPS) is 25.7. The molecule has 0 aromatic rings. The Morgan fingerprint density at radius 1 is 1.26 bits per heavy atom. The van der Waals surface area contributed by atoms with Crippen LogP contribution in [0.25, 0.3) is 0 Å². The summed E-state index contributed by atoms with van der Waals surface area (Å²) in [5.74, 6) is 0. The average Bonchev–Trinajstić information content (AvgIpc) is 3.04. The van der Waals surface area contributed by atoms with Crippen molar-refractivity contribution in [2.75, 3.05) is 39.9 Å². The Bertz CT molecular complexity index is 247. The highest BCUT2D eigenvalue weighted by molar-refractivity contribution is 4.93. The van der Waals surface area contributed by atoms with E-state index in [1.54, 1.807) is 7.11 Å². The van der Waals surface area contributed by atoms with Gasteiger partial charge in [-0.05, 0) is 45.2 Å². The summed E-state index contributed by atoms with van der Waals surface area (Å²) in [5, 5.41) is 0. The second-order valence-electron chi connectivity index (χ2n) is 6.10. The van der Waals surface area contributed by atoms with E-state index < -0.39 is 0 Å². The van der Waals surface area contributed by atoms with Gasteiger partial charge < -0.3 is 15.2 Å². The van der Waals surface area contributed by atoms with E-state index in [1.807, 2.05) is 0 Å². The van der Waals surface area contributed by atoms with E-state index in [-0.39, 0.29) is 5.60 Å². The largest absolute Gasteiger partial charge is 0.383 e. The topological polar surface area (TPSA) is 47.7 Å². The highest BCUT2D eigenvalue weighted by Gasteiger charge is 2.42. The third-order valence-corrected chi connectivity index (χ3v) is 4.61. The number of methoxy groups -OCH3 is 1. The minimum absolute atomic E-state index is 0.255. The molecule has 0 amide bonds. The van der Waals surface area contributed by atoms with Crippen LogP contribution in [0.4, 0.5) is 0 Å². The SMILES string of the molecule is COCCN(CCCN)CC1CCC2(CCCC2)O1. The van der Waals surface area contributed by atoms with E-state index in [1.165, 1.54) is 38.5 Å². The number of rotatable bonds is 8. The predicted molar refractivity (Wildman–Crippen MR) is 77.3 cm³/mol. The molecule has 2 N–H and O–H groups in total. The Hall–Kier alpha value is -0.160. The van der Waals surface area contributed by atoms with Crippen LogP contribution in [0.1, 0.15) is 44.9 Å². The summed E-state index contributed by atoms with van der Waals surface area (Å²) >= 11 is 0. The fraction of sp³-hybridized carbons (Fsp3) is 1.00. The lowest BCUT2D eigenvalue weighted by molar-refractivity contribution is -0.0486. The summed E-state index contributed by atoms with van der Waals surface area (Å²) in [6, 6.07) is 0. The molecule has 19 heavy (non-hydrogen) atoms. The lowest BCUT2D eigenvalue weighted by atomic mass is 9.98. The minimum atomic E-state index is 0.255. The molecule has 2 aliphatic rings. The fourth-order valence-corrected chi connectivity index (χ4v) is 3.53. The molecule has 1 saturated heterocycles.